The van der Waals surface area contributed by atoms with Crippen LogP contribution >= 0.6 is 0 Å². The van der Waals surface area contributed by atoms with Crippen LogP contribution in [0.25, 0.3) is 0 Å². The van der Waals surface area contributed by atoms with E-state index in [-0.39, 0.29) is 5.69 Å². The van der Waals surface area contributed by atoms with Gasteiger partial charge in [-0.3, -0.25) is 0 Å². The maximum atomic E-state index is 10.9. The molecular formula is C11H14N6O2. The molecule has 0 saturated heterocycles. The van der Waals surface area contributed by atoms with Gasteiger partial charge in [-0.15, -0.1) is 15.3 Å². The highest BCUT2D eigenvalue weighted by atomic mass is 16.4. The molecule has 3 rings (SSSR count). The summed E-state index contributed by atoms with van der Waals surface area (Å²) in [5.74, 6) is 0.740. The number of aromatic nitrogens is 6. The number of aryl methyl sites for hydroxylation is 1. The van der Waals surface area contributed by atoms with Crippen LogP contribution in [0.1, 0.15) is 40.7 Å². The van der Waals surface area contributed by atoms with Crippen LogP contribution in [0.3, 0.4) is 0 Å². The second-order valence-electron chi connectivity index (χ2n) is 4.63. The molecule has 8 heteroatoms. The van der Waals surface area contributed by atoms with Crippen LogP contribution < -0.4 is 0 Å². The number of rotatable bonds is 3. The third-order valence-electron chi connectivity index (χ3n) is 3.41. The van der Waals surface area contributed by atoms with Crippen LogP contribution in [0.2, 0.25) is 0 Å². The van der Waals surface area contributed by atoms with Gasteiger partial charge in [-0.05, 0) is 19.8 Å². The van der Waals surface area contributed by atoms with Crippen molar-refractivity contribution in [3.63, 3.8) is 0 Å². The lowest BCUT2D eigenvalue weighted by atomic mass is 10.2. The van der Waals surface area contributed by atoms with Crippen molar-refractivity contribution in [2.75, 3.05) is 0 Å². The van der Waals surface area contributed by atoms with E-state index in [4.69, 9.17) is 5.11 Å². The molecule has 3 heterocycles. The van der Waals surface area contributed by atoms with Gasteiger partial charge in [-0.1, -0.05) is 5.21 Å². The van der Waals surface area contributed by atoms with Gasteiger partial charge in [-0.2, -0.15) is 0 Å². The Morgan fingerprint density at radius 1 is 1.32 bits per heavy atom. The first-order valence-corrected chi connectivity index (χ1v) is 6.21. The Morgan fingerprint density at radius 3 is 2.89 bits per heavy atom. The molecule has 0 spiro atoms. The van der Waals surface area contributed by atoms with E-state index in [0.29, 0.717) is 12.2 Å². The minimum Gasteiger partial charge on any atom is -0.476 e. The van der Waals surface area contributed by atoms with Gasteiger partial charge in [0, 0.05) is 13.0 Å². The molecule has 0 atom stereocenters. The third-order valence-corrected chi connectivity index (χ3v) is 3.41. The van der Waals surface area contributed by atoms with Crippen molar-refractivity contribution < 1.29 is 9.90 Å². The maximum absolute atomic E-state index is 10.9. The summed E-state index contributed by atoms with van der Waals surface area (Å²) < 4.78 is 3.64. The second kappa shape index (κ2) is 4.45. The molecule has 0 saturated carbocycles. The Kier molecular flexibility index (Phi) is 2.77. The topological polar surface area (TPSA) is 98.7 Å². The molecule has 1 aliphatic heterocycles. The van der Waals surface area contributed by atoms with Crippen LogP contribution in [0.5, 0.6) is 0 Å². The fourth-order valence-electron chi connectivity index (χ4n) is 2.33. The fourth-order valence-corrected chi connectivity index (χ4v) is 2.33. The van der Waals surface area contributed by atoms with Crippen molar-refractivity contribution in [2.24, 2.45) is 0 Å². The molecule has 1 N–H and O–H groups in total. The zero-order chi connectivity index (χ0) is 13.4. The number of carbonyl (C=O) groups is 1. The number of carboxylic acids is 1. The zero-order valence-corrected chi connectivity index (χ0v) is 10.6. The van der Waals surface area contributed by atoms with Crippen molar-refractivity contribution in [2.45, 2.75) is 39.3 Å². The van der Waals surface area contributed by atoms with Gasteiger partial charge in [0.2, 0.25) is 0 Å². The van der Waals surface area contributed by atoms with Crippen molar-refractivity contribution in [1.29, 1.82) is 0 Å². The van der Waals surface area contributed by atoms with E-state index in [1.165, 1.54) is 0 Å². The van der Waals surface area contributed by atoms with Crippen molar-refractivity contribution in [3.8, 4) is 0 Å². The van der Waals surface area contributed by atoms with Crippen molar-refractivity contribution in [1.82, 2.24) is 29.8 Å². The normalized spacial score (nSPS) is 14.4. The second-order valence-corrected chi connectivity index (χ2v) is 4.63. The van der Waals surface area contributed by atoms with E-state index in [0.717, 1.165) is 37.5 Å². The molecule has 2 aromatic heterocycles. The average Bonchev–Trinajstić information content (AvgIpc) is 2.96. The minimum atomic E-state index is -1.06. The Bertz CT molecular complexity index is 629. The number of nitrogens with zero attached hydrogens (tertiary/aromatic N) is 6. The average molecular weight is 262 g/mol. The van der Waals surface area contributed by atoms with Crippen molar-refractivity contribution in [3.05, 3.63) is 23.0 Å². The smallest absolute Gasteiger partial charge is 0.358 e. The van der Waals surface area contributed by atoms with Gasteiger partial charge >= 0.3 is 5.97 Å². The highest BCUT2D eigenvalue weighted by Crippen LogP contribution is 2.15. The molecule has 0 bridgehead atoms. The Hall–Kier alpha value is -2.25. The molecular weight excluding hydrogens is 248 g/mol. The van der Waals surface area contributed by atoms with E-state index in [1.54, 1.807) is 11.6 Å². The van der Waals surface area contributed by atoms with Gasteiger partial charge in [0.15, 0.2) is 11.5 Å². The number of fused-ring (bicyclic) bond motifs is 1. The number of hydrogen-bond donors (Lipinski definition) is 1. The summed E-state index contributed by atoms with van der Waals surface area (Å²) in [6.07, 6.45) is 3.21. The summed E-state index contributed by atoms with van der Waals surface area (Å²) in [6.45, 7) is 3.01. The fraction of sp³-hybridized carbons (Fsp3) is 0.545. The SMILES string of the molecule is Cc1c(C(=O)O)nnn1Cc1nnc2n1CCCC2. The van der Waals surface area contributed by atoms with Crippen molar-refractivity contribution >= 4 is 5.97 Å². The highest BCUT2D eigenvalue weighted by molar-refractivity contribution is 5.86. The molecule has 8 nitrogen and oxygen atoms in total. The largest absolute Gasteiger partial charge is 0.476 e. The monoisotopic (exact) mass is 262 g/mol. The first kappa shape index (κ1) is 11.8. The molecule has 100 valence electrons. The molecule has 19 heavy (non-hydrogen) atoms. The van der Waals surface area contributed by atoms with Crippen LogP contribution in [0.4, 0.5) is 0 Å². The van der Waals surface area contributed by atoms with Crippen LogP contribution in [-0.2, 0) is 19.5 Å². The molecule has 1 aliphatic rings. The molecule has 2 aromatic rings. The minimum absolute atomic E-state index is 0.0154. The lowest BCUT2D eigenvalue weighted by Gasteiger charge is -2.14. The summed E-state index contributed by atoms with van der Waals surface area (Å²) in [4.78, 5) is 10.9. The summed E-state index contributed by atoms with van der Waals surface area (Å²) in [5, 5.41) is 24.8. The lowest BCUT2D eigenvalue weighted by Crippen LogP contribution is -2.16. The van der Waals surface area contributed by atoms with Gasteiger partial charge in [0.1, 0.15) is 12.4 Å². The molecule has 0 unspecified atom stereocenters. The summed E-state index contributed by atoms with van der Waals surface area (Å²) in [6, 6.07) is 0. The van der Waals surface area contributed by atoms with Crippen LogP contribution in [-0.4, -0.2) is 40.8 Å². The van der Waals surface area contributed by atoms with Gasteiger partial charge in [0.05, 0.1) is 5.69 Å². The molecule has 0 amide bonds. The van der Waals surface area contributed by atoms with E-state index < -0.39 is 5.97 Å². The van der Waals surface area contributed by atoms with E-state index >= 15 is 0 Å². The van der Waals surface area contributed by atoms with E-state index in [1.807, 2.05) is 0 Å². The van der Waals surface area contributed by atoms with Gasteiger partial charge in [-0.25, -0.2) is 9.48 Å². The van der Waals surface area contributed by atoms with Gasteiger partial charge in [0.25, 0.3) is 0 Å². The molecule has 0 aromatic carbocycles. The highest BCUT2D eigenvalue weighted by Gasteiger charge is 2.19. The maximum Gasteiger partial charge on any atom is 0.358 e. The predicted octanol–water partition coefficient (Wildman–Crippen LogP) is 0.261. The summed E-state index contributed by atoms with van der Waals surface area (Å²) >= 11 is 0. The number of hydrogen-bond acceptors (Lipinski definition) is 5. The standard InChI is InChI=1S/C11H14N6O2/c1-7-10(11(18)19)14-15-17(7)6-9-13-12-8-4-2-3-5-16(8)9/h2-6H2,1H3,(H,18,19). The third kappa shape index (κ3) is 1.98. The van der Waals surface area contributed by atoms with Crippen LogP contribution in [0.15, 0.2) is 0 Å². The quantitative estimate of drug-likeness (QED) is 0.851. The van der Waals surface area contributed by atoms with E-state index in [2.05, 4.69) is 25.1 Å². The molecule has 0 aliphatic carbocycles. The zero-order valence-electron chi connectivity index (χ0n) is 10.6. The van der Waals surface area contributed by atoms with E-state index in [9.17, 15) is 4.79 Å². The van der Waals surface area contributed by atoms with Crippen LogP contribution in [0, 0.1) is 6.92 Å². The molecule has 0 fully saturated rings. The lowest BCUT2D eigenvalue weighted by molar-refractivity contribution is 0.0689. The molecule has 0 radical (unpaired) electrons. The number of carboxylic acid groups (broad SMARTS) is 1. The first-order chi connectivity index (χ1) is 9.16. The Labute approximate surface area is 109 Å². The summed E-state index contributed by atoms with van der Waals surface area (Å²) in [7, 11) is 0. The summed E-state index contributed by atoms with van der Waals surface area (Å²) in [5.41, 5.74) is 0.513. The number of aromatic carboxylic acids is 1. The first-order valence-electron chi connectivity index (χ1n) is 6.21. The van der Waals surface area contributed by atoms with Gasteiger partial charge < -0.3 is 9.67 Å². The Balaban J connectivity index is 1.89. The Morgan fingerprint density at radius 2 is 2.16 bits per heavy atom. The predicted molar refractivity (Wildman–Crippen MR) is 63.8 cm³/mol.